The number of benzene rings is 2. The zero-order valence-electron chi connectivity index (χ0n) is 14.8. The second-order valence-corrected chi connectivity index (χ2v) is 6.07. The monoisotopic (exact) mass is 340 g/mol. The number of para-hydroxylation sites is 1. The SMILES string of the molecule is COc1cc(OC)cc(C(=O)N2CCCN(c3ccccc3)CC2)c1. The van der Waals surface area contributed by atoms with E-state index in [9.17, 15) is 4.79 Å². The van der Waals surface area contributed by atoms with E-state index in [-0.39, 0.29) is 5.91 Å². The fraction of sp³-hybridized carbons (Fsp3) is 0.350. The van der Waals surface area contributed by atoms with Gasteiger partial charge in [-0.25, -0.2) is 0 Å². The third kappa shape index (κ3) is 4.05. The molecule has 0 aliphatic carbocycles. The molecule has 0 N–H and O–H groups in total. The number of ether oxygens (including phenoxy) is 2. The number of carbonyl (C=O) groups excluding carboxylic acids is 1. The van der Waals surface area contributed by atoms with Crippen molar-refractivity contribution in [1.29, 1.82) is 0 Å². The van der Waals surface area contributed by atoms with Gasteiger partial charge in [-0.15, -0.1) is 0 Å². The van der Waals surface area contributed by atoms with Gasteiger partial charge in [0.15, 0.2) is 0 Å². The second kappa shape index (κ2) is 7.92. The zero-order chi connectivity index (χ0) is 17.6. The Kier molecular flexibility index (Phi) is 5.43. The molecule has 0 atom stereocenters. The molecule has 25 heavy (non-hydrogen) atoms. The minimum absolute atomic E-state index is 0.0205. The van der Waals surface area contributed by atoms with Gasteiger partial charge in [-0.05, 0) is 30.7 Å². The van der Waals surface area contributed by atoms with Crippen LogP contribution in [0.1, 0.15) is 16.8 Å². The third-order valence-corrected chi connectivity index (χ3v) is 4.50. The van der Waals surface area contributed by atoms with Crippen LogP contribution in [-0.4, -0.2) is 51.2 Å². The van der Waals surface area contributed by atoms with Crippen molar-refractivity contribution in [1.82, 2.24) is 4.90 Å². The summed E-state index contributed by atoms with van der Waals surface area (Å²) in [7, 11) is 3.18. The predicted octanol–water partition coefficient (Wildman–Crippen LogP) is 3.06. The molecule has 0 spiro atoms. The number of hydrogen-bond acceptors (Lipinski definition) is 4. The largest absolute Gasteiger partial charge is 0.497 e. The molecular formula is C20H24N2O3. The number of carbonyl (C=O) groups is 1. The van der Waals surface area contributed by atoms with E-state index in [2.05, 4.69) is 17.0 Å². The van der Waals surface area contributed by atoms with Crippen molar-refractivity contribution in [2.24, 2.45) is 0 Å². The van der Waals surface area contributed by atoms with Gasteiger partial charge in [-0.1, -0.05) is 18.2 Å². The number of rotatable bonds is 4. The van der Waals surface area contributed by atoms with E-state index in [1.54, 1.807) is 32.4 Å². The van der Waals surface area contributed by atoms with Crippen LogP contribution in [0.15, 0.2) is 48.5 Å². The van der Waals surface area contributed by atoms with E-state index in [0.717, 1.165) is 26.1 Å². The van der Waals surface area contributed by atoms with Crippen molar-refractivity contribution < 1.29 is 14.3 Å². The Balaban J connectivity index is 1.73. The third-order valence-electron chi connectivity index (χ3n) is 4.50. The van der Waals surface area contributed by atoms with Gasteiger partial charge in [-0.3, -0.25) is 4.79 Å². The summed E-state index contributed by atoms with van der Waals surface area (Å²) in [5.74, 6) is 1.28. The minimum Gasteiger partial charge on any atom is -0.497 e. The Morgan fingerprint density at radius 3 is 2.20 bits per heavy atom. The molecule has 0 saturated carbocycles. The van der Waals surface area contributed by atoms with Gasteiger partial charge in [-0.2, -0.15) is 0 Å². The van der Waals surface area contributed by atoms with Crippen molar-refractivity contribution in [2.45, 2.75) is 6.42 Å². The molecular weight excluding hydrogens is 316 g/mol. The summed E-state index contributed by atoms with van der Waals surface area (Å²) in [6.45, 7) is 3.24. The molecule has 2 aromatic rings. The molecule has 5 heteroatoms. The molecule has 132 valence electrons. The molecule has 0 unspecified atom stereocenters. The normalized spacial score (nSPS) is 14.8. The molecule has 3 rings (SSSR count). The minimum atomic E-state index is 0.0205. The summed E-state index contributed by atoms with van der Waals surface area (Å²) < 4.78 is 10.6. The summed E-state index contributed by atoms with van der Waals surface area (Å²) in [5, 5.41) is 0. The topological polar surface area (TPSA) is 42.0 Å². The van der Waals surface area contributed by atoms with E-state index >= 15 is 0 Å². The van der Waals surface area contributed by atoms with Crippen LogP contribution in [0.2, 0.25) is 0 Å². The summed E-state index contributed by atoms with van der Waals surface area (Å²) in [6, 6.07) is 15.7. The van der Waals surface area contributed by atoms with E-state index in [1.165, 1.54) is 5.69 Å². The van der Waals surface area contributed by atoms with Crippen molar-refractivity contribution in [3.63, 3.8) is 0 Å². The van der Waals surface area contributed by atoms with Crippen molar-refractivity contribution in [3.05, 3.63) is 54.1 Å². The van der Waals surface area contributed by atoms with Crippen LogP contribution in [0.25, 0.3) is 0 Å². The first-order valence-electron chi connectivity index (χ1n) is 8.53. The molecule has 1 amide bonds. The highest BCUT2D eigenvalue weighted by Crippen LogP contribution is 2.24. The maximum Gasteiger partial charge on any atom is 0.254 e. The van der Waals surface area contributed by atoms with Gasteiger partial charge in [0.25, 0.3) is 5.91 Å². The van der Waals surface area contributed by atoms with Crippen molar-refractivity contribution in [3.8, 4) is 11.5 Å². The number of hydrogen-bond donors (Lipinski definition) is 0. The molecule has 0 radical (unpaired) electrons. The van der Waals surface area contributed by atoms with E-state index in [0.29, 0.717) is 23.6 Å². The lowest BCUT2D eigenvalue weighted by molar-refractivity contribution is 0.0766. The molecule has 0 aromatic heterocycles. The highest BCUT2D eigenvalue weighted by molar-refractivity contribution is 5.95. The molecule has 5 nitrogen and oxygen atoms in total. The summed E-state index contributed by atoms with van der Waals surface area (Å²) in [5.41, 5.74) is 1.81. The van der Waals surface area contributed by atoms with Crippen molar-refractivity contribution in [2.75, 3.05) is 45.3 Å². The van der Waals surface area contributed by atoms with Crippen LogP contribution in [0.5, 0.6) is 11.5 Å². The van der Waals surface area contributed by atoms with Crippen LogP contribution < -0.4 is 14.4 Å². The second-order valence-electron chi connectivity index (χ2n) is 6.07. The summed E-state index contributed by atoms with van der Waals surface area (Å²) in [4.78, 5) is 17.2. The van der Waals surface area contributed by atoms with Gasteiger partial charge in [0, 0.05) is 43.5 Å². The summed E-state index contributed by atoms with van der Waals surface area (Å²) >= 11 is 0. The highest BCUT2D eigenvalue weighted by atomic mass is 16.5. The molecule has 0 bridgehead atoms. The Morgan fingerprint density at radius 1 is 0.880 bits per heavy atom. The number of anilines is 1. The standard InChI is InChI=1S/C20H24N2O3/c1-24-18-13-16(14-19(15-18)25-2)20(23)22-10-6-9-21(11-12-22)17-7-4-3-5-8-17/h3-5,7-8,13-15H,6,9-12H2,1-2H3. The fourth-order valence-corrected chi connectivity index (χ4v) is 3.13. The van der Waals surface area contributed by atoms with Gasteiger partial charge in [0.2, 0.25) is 0 Å². The van der Waals surface area contributed by atoms with Gasteiger partial charge < -0.3 is 19.3 Å². The summed E-state index contributed by atoms with van der Waals surface area (Å²) in [6.07, 6.45) is 0.946. The maximum absolute atomic E-state index is 12.9. The first-order valence-corrected chi connectivity index (χ1v) is 8.53. The number of methoxy groups -OCH3 is 2. The zero-order valence-corrected chi connectivity index (χ0v) is 14.8. The van der Waals surface area contributed by atoms with Crippen molar-refractivity contribution >= 4 is 11.6 Å². The average Bonchev–Trinajstić information content (AvgIpc) is 2.93. The molecule has 1 saturated heterocycles. The van der Waals surface area contributed by atoms with Gasteiger partial charge >= 0.3 is 0 Å². The van der Waals surface area contributed by atoms with Crippen LogP contribution in [0.3, 0.4) is 0 Å². The fourth-order valence-electron chi connectivity index (χ4n) is 3.13. The molecule has 2 aromatic carbocycles. The van der Waals surface area contributed by atoms with Crippen LogP contribution in [0.4, 0.5) is 5.69 Å². The lowest BCUT2D eigenvalue weighted by Gasteiger charge is -2.24. The molecule has 1 fully saturated rings. The first-order chi connectivity index (χ1) is 12.2. The number of amides is 1. The lowest BCUT2D eigenvalue weighted by atomic mass is 10.1. The van der Waals surface area contributed by atoms with Crippen LogP contribution >= 0.6 is 0 Å². The van der Waals surface area contributed by atoms with Gasteiger partial charge in [0.1, 0.15) is 11.5 Å². The Bertz CT molecular complexity index is 696. The lowest BCUT2D eigenvalue weighted by Crippen LogP contribution is -2.35. The average molecular weight is 340 g/mol. The Morgan fingerprint density at radius 2 is 1.56 bits per heavy atom. The van der Waals surface area contributed by atoms with E-state index < -0.39 is 0 Å². The predicted molar refractivity (Wildman–Crippen MR) is 98.7 cm³/mol. The quantitative estimate of drug-likeness (QED) is 0.858. The Labute approximate surface area is 148 Å². The van der Waals surface area contributed by atoms with Crippen LogP contribution in [0, 0.1) is 0 Å². The molecule has 1 heterocycles. The first kappa shape index (κ1) is 17.1. The highest BCUT2D eigenvalue weighted by Gasteiger charge is 2.21. The maximum atomic E-state index is 12.9. The Hall–Kier alpha value is -2.69. The van der Waals surface area contributed by atoms with E-state index in [4.69, 9.17) is 9.47 Å². The van der Waals surface area contributed by atoms with E-state index in [1.807, 2.05) is 23.1 Å². The van der Waals surface area contributed by atoms with Crippen LogP contribution in [-0.2, 0) is 0 Å². The smallest absolute Gasteiger partial charge is 0.254 e. The number of nitrogens with zero attached hydrogens (tertiary/aromatic N) is 2. The molecule has 1 aliphatic rings. The van der Waals surface area contributed by atoms with Gasteiger partial charge in [0.05, 0.1) is 14.2 Å². The molecule has 1 aliphatic heterocycles.